The molecule has 18 N–H and O–H groups in total. The number of phenols is 4. The van der Waals surface area contributed by atoms with Crippen LogP contribution < -0.4 is 84.3 Å². The van der Waals surface area contributed by atoms with Crippen molar-refractivity contribution in [2.45, 2.75) is 206 Å². The van der Waals surface area contributed by atoms with Gasteiger partial charge in [-0.3, -0.25) is 38.4 Å². The number of phenolic OH excluding ortho intramolecular Hbond substituents is 4. The van der Waals surface area contributed by atoms with Gasteiger partial charge in [-0.1, -0.05) is 67.4 Å². The number of rotatable bonds is 12. The summed E-state index contributed by atoms with van der Waals surface area (Å²) < 4.78 is 22.8. The number of hydrogen-bond donors (Lipinski definition) is 16. The van der Waals surface area contributed by atoms with E-state index in [2.05, 4.69) is 21.3 Å². The van der Waals surface area contributed by atoms with Crippen LogP contribution in [-0.4, -0.2) is 127 Å². The van der Waals surface area contributed by atoms with Crippen LogP contribution in [0.25, 0.3) is 147 Å². The number of allylic oxidation sites excluding steroid dienone is 4. The van der Waals surface area contributed by atoms with Crippen LogP contribution in [0.2, 0.25) is 0 Å². The Morgan fingerprint density at radius 3 is 1.10 bits per heavy atom. The van der Waals surface area contributed by atoms with Gasteiger partial charge in [-0.05, 0) is 210 Å². The Hall–Kier alpha value is -13.2. The smallest absolute Gasteiger partial charge is 0.190 e. The summed E-state index contributed by atoms with van der Waals surface area (Å²) in [6.07, 6.45) is 17.9. The number of aliphatic hydroxyl groups excluding tert-OH is 6. The Kier molecular flexibility index (Phi) is 21.1. The molecule has 0 amide bonds. The van der Waals surface area contributed by atoms with Gasteiger partial charge < -0.3 is 103 Å². The van der Waals surface area contributed by atoms with Gasteiger partial charge in [-0.15, -0.1) is 0 Å². The number of fused-ring (bicyclic) bond motifs is 11. The second-order valence-electron chi connectivity index (χ2n) is 36.9. The molecule has 28 heteroatoms. The average Bonchev–Trinajstić information content (AvgIpc) is 1.23. The van der Waals surface area contributed by atoms with E-state index >= 15 is 0 Å². The molecule has 15 aromatic rings. The number of aromatic hydroxyl groups is 4. The first-order valence-electron chi connectivity index (χ1n) is 44.9. The number of carbonyl (C=O) groups excluding carboxylic acids is 2. The van der Waals surface area contributed by atoms with Crippen molar-refractivity contribution in [3.8, 4) is 46.0 Å². The van der Waals surface area contributed by atoms with Gasteiger partial charge in [-0.25, -0.2) is 0 Å². The second kappa shape index (κ2) is 32.1. The minimum absolute atomic E-state index is 0.00523. The predicted molar refractivity (Wildman–Crippen MR) is 515 cm³/mol. The number of aliphatic hydroxyl groups is 6. The van der Waals surface area contributed by atoms with E-state index in [1.165, 1.54) is 91.5 Å². The van der Waals surface area contributed by atoms with E-state index < -0.39 is 73.0 Å². The van der Waals surface area contributed by atoms with Crippen LogP contribution in [0.1, 0.15) is 184 Å². The molecule has 28 nitrogen and oxygen atoms in total. The van der Waals surface area contributed by atoms with Crippen LogP contribution in [0.3, 0.4) is 0 Å². The summed E-state index contributed by atoms with van der Waals surface area (Å²) in [7, 11) is 5.55. The highest BCUT2D eigenvalue weighted by Gasteiger charge is 2.44. The first-order chi connectivity index (χ1) is 63.5. The lowest BCUT2D eigenvalue weighted by molar-refractivity contribution is -0.117. The molecule has 7 unspecified atom stereocenters. The number of Topliss-reactive ketones (excluding diaryl/α,β-unsaturated/α-hetero) is 2. The molecule has 23 rings (SSSR count). The Morgan fingerprint density at radius 1 is 0.356 bits per heavy atom. The fourth-order valence-electron chi connectivity index (χ4n) is 24.4. The molecule has 15 aromatic carbocycles. The topological polar surface area (TPSA) is 476 Å². The number of nitrogens with two attached hydrogens (primary N) is 2. The van der Waals surface area contributed by atoms with Crippen molar-refractivity contribution >= 4 is 181 Å². The first-order valence-corrected chi connectivity index (χ1v) is 44.9. The maximum absolute atomic E-state index is 14.1. The summed E-state index contributed by atoms with van der Waals surface area (Å²) in [5.41, 5.74) is 19.9. The average molecular weight is 1790 g/mol. The Labute approximate surface area is 751 Å². The van der Waals surface area contributed by atoms with Crippen molar-refractivity contribution in [1.82, 2.24) is 0 Å². The molecular formula is C104H100N6O22. The number of ether oxygens (including phenoxy) is 4. The number of ketones is 2. The molecule has 132 heavy (non-hydrogen) atoms. The number of nitrogens with one attached hydrogen (secondary N) is 4. The number of carbonyl (C=O) groups is 2. The molecule has 0 bridgehead atoms. The number of methoxy groups -OCH3 is 4. The number of hydrogen-bond acceptors (Lipinski definition) is 28. The zero-order valence-corrected chi connectivity index (χ0v) is 74.3. The molecule has 0 saturated heterocycles. The summed E-state index contributed by atoms with van der Waals surface area (Å²) in [6, 6.07) is 9.21. The predicted octanol–water partition coefficient (Wildman–Crippen LogP) is 13.0. The number of anilines is 4. The molecule has 3 fully saturated rings. The fraction of sp³-hybridized carbons (Fsp3) is 0.346. The molecule has 678 valence electrons. The van der Waals surface area contributed by atoms with Gasteiger partial charge in [0.15, 0.2) is 84.4 Å². The largest absolute Gasteiger partial charge is 0.504 e. The molecule has 2 aliphatic heterocycles. The third kappa shape index (κ3) is 12.1. The Bertz CT molecular complexity index is 8120. The van der Waals surface area contributed by atoms with Crippen molar-refractivity contribution in [3.05, 3.63) is 181 Å². The van der Waals surface area contributed by atoms with Crippen LogP contribution in [0.15, 0.2) is 81.9 Å². The minimum atomic E-state index is -0.817. The molecule has 0 aromatic heterocycles. The fourth-order valence-corrected chi connectivity index (χ4v) is 24.4. The van der Waals surface area contributed by atoms with Crippen molar-refractivity contribution in [2.75, 3.05) is 49.7 Å². The normalized spacial score (nSPS) is 19.4. The van der Waals surface area contributed by atoms with Crippen LogP contribution in [-0.2, 0) is 62.1 Å². The summed E-state index contributed by atoms with van der Waals surface area (Å²) in [4.78, 5) is 109. The molecule has 0 radical (unpaired) electrons. The molecule has 0 spiro atoms. The summed E-state index contributed by atoms with van der Waals surface area (Å²) in [5.74, 6) is -2.62. The van der Waals surface area contributed by atoms with Gasteiger partial charge in [0, 0.05) is 118 Å². The van der Waals surface area contributed by atoms with Gasteiger partial charge in [0.25, 0.3) is 0 Å². The van der Waals surface area contributed by atoms with Gasteiger partial charge in [0.2, 0.25) is 0 Å². The van der Waals surface area contributed by atoms with Crippen LogP contribution in [0.4, 0.5) is 22.7 Å². The van der Waals surface area contributed by atoms with Gasteiger partial charge in [0.1, 0.15) is 5.78 Å². The summed E-state index contributed by atoms with van der Waals surface area (Å²) in [5, 5.41) is 134. The zero-order chi connectivity index (χ0) is 93.1. The molecular weight excluding hydrogens is 1690 g/mol. The Balaban J connectivity index is 0.000000118. The van der Waals surface area contributed by atoms with Gasteiger partial charge in [-0.2, -0.15) is 0 Å². The lowest BCUT2D eigenvalue weighted by atomic mass is 9.78. The molecule has 8 aliphatic rings. The maximum Gasteiger partial charge on any atom is 0.190 e. The van der Waals surface area contributed by atoms with Gasteiger partial charge in [0.05, 0.1) is 129 Å². The standard InChI is InChI=1S/C35H32N2O7.C33H30N2O6.C30H24O9.C6H14N2/c1-13-8-17-25-28-23(15(11-38)9-20(41)26(28)33-32(17)36-18-6-4-5-7-19(18)37-33)24-16(12-39)10-21(42)27-29(24)30(25)31(22(13)14(2)40)35(44-3)34(27)43;1-13-7-16-24-25-17(8-13)33(41-2)32(40)27-21(39)10-15(12-37)23(29(25)27)22-14(11-36)9-20(38)26(28(22)24)31-30(16)34-18-5-3-4-6-19(18)35-31;1-10-5-14-20-23-18(12(8-31)6-15(34)21(23)27(36)29(14)38-3)19-13(9-32)7-16(35)22-24(19)25(20)26(17(10)11(2)33)30(39-4)28(22)37;7-5-3-1-2-4-6(5)8/h8-10,18-19,22,36-39,43H,4-7,11-12H2,1-3H3;8-10,18-19,34-37,40H,3-7,11-12H2,1-2H3;6-7,31-32,36-37H,5,8-9H2,1-4H3;5-6H,1-4,7-8H2. The Morgan fingerprint density at radius 2 is 0.689 bits per heavy atom. The zero-order valence-electron chi connectivity index (χ0n) is 74.3. The van der Waals surface area contributed by atoms with Crippen LogP contribution >= 0.6 is 0 Å². The van der Waals surface area contributed by atoms with Crippen LogP contribution in [0, 0.1) is 0 Å². The first kappa shape index (κ1) is 86.9. The molecule has 2 heterocycles. The van der Waals surface area contributed by atoms with E-state index in [-0.39, 0.29) is 155 Å². The monoisotopic (exact) mass is 1780 g/mol. The quantitative estimate of drug-likeness (QED) is 0.0399. The highest BCUT2D eigenvalue weighted by Crippen LogP contribution is 2.62. The van der Waals surface area contributed by atoms with E-state index in [0.29, 0.717) is 154 Å². The van der Waals surface area contributed by atoms with Crippen molar-refractivity contribution in [3.63, 3.8) is 0 Å². The van der Waals surface area contributed by atoms with E-state index in [4.69, 9.17) is 30.4 Å². The maximum atomic E-state index is 14.1. The van der Waals surface area contributed by atoms with E-state index in [0.717, 1.165) is 109 Å². The van der Waals surface area contributed by atoms with Crippen LogP contribution in [0.5, 0.6) is 46.0 Å². The second-order valence-corrected chi connectivity index (χ2v) is 36.9. The highest BCUT2D eigenvalue weighted by molar-refractivity contribution is 6.44. The molecule has 6 aliphatic carbocycles. The third-order valence-electron chi connectivity index (χ3n) is 29.7. The SMILES string of the molecule is COc1c(O)c2c(=O)cc(CO)c3c4c(CO)cc(=O)c5c(O)c(OC)c6c(c(c1CC(C)=C6C(C)=O)c23)c54.COc1c(O)c2c(=O)cc(CO)c3c4c(CO)cc(=O)c5c6c(c7c(c(c1C(C(C)=O)C(C)=C7)c23)c54)NC1CCCCC1N6.COc1c(O)c2c(=O)cc(CO)c3c4c(CO)cc(=O)c5c6c(c7c(c(c1C=C(C)C7)c23)c54)NC1CCCCC1N6.NC1CCCCC1N. The van der Waals surface area contributed by atoms with E-state index in [1.807, 2.05) is 26.0 Å². The van der Waals surface area contributed by atoms with E-state index in [1.54, 1.807) is 6.92 Å². The number of benzene rings is 15. The summed E-state index contributed by atoms with van der Waals surface area (Å²) in [6.45, 7) is 5.64. The lowest BCUT2D eigenvalue weighted by Gasteiger charge is -2.41. The van der Waals surface area contributed by atoms with Gasteiger partial charge >= 0.3 is 0 Å². The van der Waals surface area contributed by atoms with Crippen molar-refractivity contribution < 1.29 is 79.6 Å². The summed E-state index contributed by atoms with van der Waals surface area (Å²) >= 11 is 0. The van der Waals surface area contributed by atoms with E-state index in [9.17, 15) is 89.4 Å². The lowest BCUT2D eigenvalue weighted by Crippen LogP contribution is -2.45. The highest BCUT2D eigenvalue weighted by atomic mass is 16.5. The van der Waals surface area contributed by atoms with Crippen molar-refractivity contribution in [2.24, 2.45) is 11.5 Å². The molecule has 7 atom stereocenters. The third-order valence-corrected chi connectivity index (χ3v) is 29.7. The molecule has 3 saturated carbocycles. The van der Waals surface area contributed by atoms with Crippen molar-refractivity contribution in [1.29, 1.82) is 0 Å². The minimum Gasteiger partial charge on any atom is -0.504 e.